The Bertz CT molecular complexity index is 784. The Balaban J connectivity index is 1.55. The van der Waals surface area contributed by atoms with Crippen molar-refractivity contribution in [1.29, 1.82) is 0 Å². The molecule has 1 heterocycles. The van der Waals surface area contributed by atoms with Gasteiger partial charge in [0.1, 0.15) is 11.3 Å². The lowest BCUT2D eigenvalue weighted by Crippen LogP contribution is -2.28. The number of carbonyl (C=O) groups excluding carboxylic acids is 1. The van der Waals surface area contributed by atoms with E-state index in [1.807, 2.05) is 31.2 Å². The molecule has 1 atom stereocenters. The minimum atomic E-state index is -0.293. The molecule has 0 saturated heterocycles. The van der Waals surface area contributed by atoms with Crippen LogP contribution in [0.2, 0.25) is 0 Å². The Morgan fingerprint density at radius 3 is 2.74 bits per heavy atom. The third-order valence-electron chi connectivity index (χ3n) is 3.35. The topological polar surface area (TPSA) is 55.1 Å². The molecule has 0 saturated carbocycles. The summed E-state index contributed by atoms with van der Waals surface area (Å²) in [6.07, 6.45) is 0. The number of rotatable bonds is 5. The number of nitrogens with one attached hydrogen (secondary N) is 1. The molecule has 1 aromatic heterocycles. The summed E-state index contributed by atoms with van der Waals surface area (Å²) in [5.74, 6) is -0.217. The van der Waals surface area contributed by atoms with Gasteiger partial charge in [0.05, 0.1) is 11.8 Å². The number of nitrogens with zero attached hydrogens (tertiary/aromatic N) is 1. The molecule has 118 valence electrons. The predicted octanol–water partition coefficient (Wildman–Crippen LogP) is 3.94. The van der Waals surface area contributed by atoms with E-state index in [2.05, 4.69) is 10.3 Å². The van der Waals surface area contributed by atoms with Crippen LogP contribution in [0.25, 0.3) is 11.1 Å². The summed E-state index contributed by atoms with van der Waals surface area (Å²) in [5.41, 5.74) is 2.33. The van der Waals surface area contributed by atoms with Gasteiger partial charge in [-0.15, -0.1) is 0 Å². The molecule has 6 heteroatoms. The lowest BCUT2D eigenvalue weighted by atomic mass is 10.1. The molecule has 2 aromatic carbocycles. The summed E-state index contributed by atoms with van der Waals surface area (Å²) in [5, 5.41) is 3.34. The maximum Gasteiger partial charge on any atom is 0.257 e. The standard InChI is InChI=1S/C17H15FN2O2S/c1-11(12-6-8-13(18)9-7-12)19-16(21)10-23-17-20-14-4-2-3-5-15(14)22-17/h2-9,11H,10H2,1H3,(H,19,21)/t11-/m1/s1. The molecule has 0 fully saturated rings. The number of benzene rings is 2. The van der Waals surface area contributed by atoms with Gasteiger partial charge in [-0.2, -0.15) is 0 Å². The molecule has 4 nitrogen and oxygen atoms in total. The number of oxazole rings is 1. The van der Waals surface area contributed by atoms with Crippen LogP contribution in [-0.2, 0) is 4.79 Å². The third kappa shape index (κ3) is 3.90. The molecule has 0 bridgehead atoms. The highest BCUT2D eigenvalue weighted by Gasteiger charge is 2.12. The molecule has 3 rings (SSSR count). The Morgan fingerprint density at radius 2 is 2.00 bits per heavy atom. The van der Waals surface area contributed by atoms with Gasteiger partial charge in [-0.3, -0.25) is 4.79 Å². The van der Waals surface area contributed by atoms with Gasteiger partial charge in [-0.25, -0.2) is 9.37 Å². The minimum Gasteiger partial charge on any atom is -0.431 e. The van der Waals surface area contributed by atoms with Crippen molar-refractivity contribution in [3.63, 3.8) is 0 Å². The van der Waals surface area contributed by atoms with E-state index in [1.54, 1.807) is 12.1 Å². The summed E-state index contributed by atoms with van der Waals surface area (Å²) < 4.78 is 18.5. The number of aromatic nitrogens is 1. The van der Waals surface area contributed by atoms with E-state index in [-0.39, 0.29) is 23.5 Å². The van der Waals surface area contributed by atoms with Crippen LogP contribution in [-0.4, -0.2) is 16.6 Å². The molecule has 1 N–H and O–H groups in total. The number of thioether (sulfide) groups is 1. The Hall–Kier alpha value is -2.34. The first-order chi connectivity index (χ1) is 11.1. The van der Waals surface area contributed by atoms with Crippen molar-refractivity contribution in [2.75, 3.05) is 5.75 Å². The number of carbonyl (C=O) groups is 1. The van der Waals surface area contributed by atoms with E-state index in [1.165, 1.54) is 23.9 Å². The SMILES string of the molecule is C[C@@H](NC(=O)CSc1nc2ccccc2o1)c1ccc(F)cc1. The average molecular weight is 330 g/mol. The minimum absolute atomic E-state index is 0.130. The van der Waals surface area contributed by atoms with Gasteiger partial charge in [0.2, 0.25) is 5.91 Å². The van der Waals surface area contributed by atoms with Gasteiger partial charge in [-0.1, -0.05) is 36.0 Å². The zero-order valence-corrected chi connectivity index (χ0v) is 13.3. The van der Waals surface area contributed by atoms with Crippen molar-refractivity contribution < 1.29 is 13.6 Å². The third-order valence-corrected chi connectivity index (χ3v) is 4.18. The molecule has 1 amide bonds. The monoisotopic (exact) mass is 330 g/mol. The van der Waals surface area contributed by atoms with Crippen molar-refractivity contribution in [1.82, 2.24) is 10.3 Å². The van der Waals surface area contributed by atoms with Crippen LogP contribution in [0.3, 0.4) is 0 Å². The molecule has 3 aromatic rings. The van der Waals surface area contributed by atoms with E-state index >= 15 is 0 Å². The number of fused-ring (bicyclic) bond motifs is 1. The molecule has 23 heavy (non-hydrogen) atoms. The van der Waals surface area contributed by atoms with Crippen molar-refractivity contribution in [2.45, 2.75) is 18.2 Å². The molecule has 0 aliphatic carbocycles. The molecular weight excluding hydrogens is 315 g/mol. The first-order valence-corrected chi connectivity index (χ1v) is 8.13. The predicted molar refractivity (Wildman–Crippen MR) is 87.7 cm³/mol. The second kappa shape index (κ2) is 6.83. The van der Waals surface area contributed by atoms with Crippen LogP contribution >= 0.6 is 11.8 Å². The van der Waals surface area contributed by atoms with Gasteiger partial charge in [0, 0.05) is 0 Å². The van der Waals surface area contributed by atoms with E-state index in [4.69, 9.17) is 4.42 Å². The summed E-state index contributed by atoms with van der Waals surface area (Å²) in [4.78, 5) is 16.3. The smallest absolute Gasteiger partial charge is 0.257 e. The van der Waals surface area contributed by atoms with Crippen molar-refractivity contribution in [2.24, 2.45) is 0 Å². The van der Waals surface area contributed by atoms with Crippen molar-refractivity contribution >= 4 is 28.8 Å². The van der Waals surface area contributed by atoms with Crippen LogP contribution in [0.15, 0.2) is 58.2 Å². The Morgan fingerprint density at radius 1 is 1.26 bits per heavy atom. The van der Waals surface area contributed by atoms with Gasteiger partial charge in [-0.05, 0) is 36.8 Å². The lowest BCUT2D eigenvalue weighted by molar-refractivity contribution is -0.119. The summed E-state index contributed by atoms with van der Waals surface area (Å²) in [7, 11) is 0. The quantitative estimate of drug-likeness (QED) is 0.720. The summed E-state index contributed by atoms with van der Waals surface area (Å²) in [6.45, 7) is 1.86. The summed E-state index contributed by atoms with van der Waals surface area (Å²) >= 11 is 1.24. The zero-order chi connectivity index (χ0) is 16.2. The second-order valence-corrected chi connectivity index (χ2v) is 6.00. The highest BCUT2D eigenvalue weighted by atomic mass is 32.2. The largest absolute Gasteiger partial charge is 0.431 e. The molecule has 0 aliphatic rings. The van der Waals surface area contributed by atoms with Crippen LogP contribution in [0.4, 0.5) is 4.39 Å². The highest BCUT2D eigenvalue weighted by molar-refractivity contribution is 7.99. The van der Waals surface area contributed by atoms with E-state index in [0.717, 1.165) is 11.1 Å². The van der Waals surface area contributed by atoms with Gasteiger partial charge >= 0.3 is 0 Å². The van der Waals surface area contributed by atoms with E-state index < -0.39 is 0 Å². The molecule has 0 unspecified atom stereocenters. The maximum atomic E-state index is 12.9. The molecule has 0 aliphatic heterocycles. The fourth-order valence-electron chi connectivity index (χ4n) is 2.16. The number of amides is 1. The fourth-order valence-corrected chi connectivity index (χ4v) is 2.81. The fraction of sp³-hybridized carbons (Fsp3) is 0.176. The number of hydrogen-bond acceptors (Lipinski definition) is 4. The van der Waals surface area contributed by atoms with Crippen molar-refractivity contribution in [3.8, 4) is 0 Å². The van der Waals surface area contributed by atoms with Crippen LogP contribution in [0, 0.1) is 5.82 Å². The van der Waals surface area contributed by atoms with Gasteiger partial charge < -0.3 is 9.73 Å². The Labute approximate surface area is 137 Å². The molecular formula is C17H15FN2O2S. The average Bonchev–Trinajstić information content (AvgIpc) is 2.96. The first kappa shape index (κ1) is 15.6. The summed E-state index contributed by atoms with van der Waals surface area (Å²) in [6, 6.07) is 13.4. The van der Waals surface area contributed by atoms with Crippen LogP contribution in [0.5, 0.6) is 0 Å². The lowest BCUT2D eigenvalue weighted by Gasteiger charge is -2.13. The molecule has 0 spiro atoms. The molecule has 0 radical (unpaired) electrons. The number of halogens is 1. The zero-order valence-electron chi connectivity index (χ0n) is 12.5. The number of para-hydroxylation sites is 2. The van der Waals surface area contributed by atoms with Crippen molar-refractivity contribution in [3.05, 3.63) is 59.9 Å². The van der Waals surface area contributed by atoms with Gasteiger partial charge in [0.25, 0.3) is 5.22 Å². The van der Waals surface area contributed by atoms with Crippen LogP contribution < -0.4 is 5.32 Å². The van der Waals surface area contributed by atoms with Crippen LogP contribution in [0.1, 0.15) is 18.5 Å². The van der Waals surface area contributed by atoms with E-state index in [0.29, 0.717) is 10.8 Å². The van der Waals surface area contributed by atoms with Gasteiger partial charge in [0.15, 0.2) is 5.58 Å². The second-order valence-electron chi connectivity index (χ2n) is 5.08. The first-order valence-electron chi connectivity index (χ1n) is 7.15. The normalized spacial score (nSPS) is 12.3. The maximum absolute atomic E-state index is 12.9. The van der Waals surface area contributed by atoms with E-state index in [9.17, 15) is 9.18 Å². The highest BCUT2D eigenvalue weighted by Crippen LogP contribution is 2.23. The number of hydrogen-bond donors (Lipinski definition) is 1. The Kier molecular flexibility index (Phi) is 4.62.